The molecule has 4 aliphatic carbocycles. The summed E-state index contributed by atoms with van der Waals surface area (Å²) in [6.45, 7) is 9.31. The lowest BCUT2D eigenvalue weighted by Gasteiger charge is -2.30. The van der Waals surface area contributed by atoms with Crippen molar-refractivity contribution in [3.63, 3.8) is 0 Å². The molecule has 6 aromatic heterocycles. The van der Waals surface area contributed by atoms with E-state index in [1.807, 2.05) is 55.0 Å². The average molecular weight is 1680 g/mol. The molecule has 0 unspecified atom stereocenters. The van der Waals surface area contributed by atoms with E-state index >= 15 is 0 Å². The van der Waals surface area contributed by atoms with Gasteiger partial charge in [0.15, 0.2) is 17.5 Å². The number of hydrogen-bond acceptors (Lipinski definition) is 9. The van der Waals surface area contributed by atoms with Gasteiger partial charge in [-0.1, -0.05) is 392 Å². The number of hydrogen-bond donors (Lipinski definition) is 0. The molecule has 618 valence electrons. The minimum absolute atomic E-state index is 0.0673. The van der Waals surface area contributed by atoms with Gasteiger partial charge in [0, 0.05) is 98.1 Å². The fourth-order valence-electron chi connectivity index (χ4n) is 20.6. The molecule has 0 N–H and O–H groups in total. The first-order valence-electron chi connectivity index (χ1n) is 44.7. The van der Waals surface area contributed by atoms with Gasteiger partial charge in [-0.15, -0.1) is 0 Å². The van der Waals surface area contributed by atoms with Crippen LogP contribution in [0.3, 0.4) is 0 Å². The van der Waals surface area contributed by atoms with Gasteiger partial charge in [-0.3, -0.25) is 15.0 Å². The topological polar surface area (TPSA) is 116 Å². The lowest BCUT2D eigenvalue weighted by Crippen LogP contribution is -2.25. The van der Waals surface area contributed by atoms with Crippen molar-refractivity contribution in [1.29, 1.82) is 0 Å². The fourth-order valence-corrected chi connectivity index (χ4v) is 20.6. The maximum atomic E-state index is 5.33. The van der Waals surface area contributed by atoms with Gasteiger partial charge < -0.3 is 0 Å². The molecule has 0 saturated carbocycles. The first-order valence-corrected chi connectivity index (χ1v) is 44.7. The van der Waals surface area contributed by atoms with Crippen LogP contribution in [0, 0.1) is 0 Å². The molecule has 6 heterocycles. The van der Waals surface area contributed by atoms with Crippen LogP contribution >= 0.6 is 0 Å². The van der Waals surface area contributed by atoms with Crippen molar-refractivity contribution < 1.29 is 0 Å². The summed E-state index contributed by atoms with van der Waals surface area (Å²) in [5.41, 5.74) is 41.9. The summed E-state index contributed by atoms with van der Waals surface area (Å²) >= 11 is 0. The number of fused-ring (bicyclic) bond motifs is 18. The average Bonchev–Trinajstić information content (AvgIpc) is 1.50. The Morgan fingerprint density at radius 2 is 0.511 bits per heavy atom. The molecular formula is C122H85N9. The molecule has 0 radical (unpaired) electrons. The maximum Gasteiger partial charge on any atom is 0.160 e. The van der Waals surface area contributed by atoms with Crippen molar-refractivity contribution >= 4 is 10.8 Å². The van der Waals surface area contributed by atoms with Crippen molar-refractivity contribution in [3.05, 3.63) is 488 Å². The smallest absolute Gasteiger partial charge is 0.160 e. The van der Waals surface area contributed by atoms with Gasteiger partial charge in [0.1, 0.15) is 0 Å². The van der Waals surface area contributed by atoms with E-state index in [1.165, 1.54) is 99.8 Å². The molecular weight excluding hydrogens is 1590 g/mol. The van der Waals surface area contributed by atoms with Crippen molar-refractivity contribution in [2.75, 3.05) is 0 Å². The van der Waals surface area contributed by atoms with Gasteiger partial charge in [0.25, 0.3) is 0 Å². The molecule has 21 aromatic rings. The van der Waals surface area contributed by atoms with Crippen LogP contribution in [0.5, 0.6) is 0 Å². The van der Waals surface area contributed by atoms with Crippen LogP contribution in [0.2, 0.25) is 0 Å². The molecule has 131 heavy (non-hydrogen) atoms. The zero-order chi connectivity index (χ0) is 87.7. The fraction of sp³-hybridized carbons (Fsp3) is 0.0574. The van der Waals surface area contributed by atoms with Gasteiger partial charge in [-0.05, 0) is 176 Å². The Bertz CT molecular complexity index is 7920. The van der Waals surface area contributed by atoms with Crippen LogP contribution < -0.4 is 0 Å². The van der Waals surface area contributed by atoms with E-state index in [1.54, 1.807) is 18.6 Å². The standard InChI is InChI=1S/C46H29N3.C40H29N3.C36H27N3/c1-2-12-31(13-3-1)42-28-43(49-45(48-42)32-25-23-30(24-26-32)33-14-11-27-47-29-33)37-18-10-22-41-44(37)36-17-6-9-21-40(36)46(41)38-19-7-4-15-34(38)35-16-5-8-20-39(35)46;1-40(2)35-21-19-30(23-34(35)33-20-18-27-9-6-7-13-32(27)38(33)40)37-24-36(28-10-4-3-5-11-28)42-39(43-37)29-16-14-26(15-17-29)31-12-8-22-41-25-31;1-36(2)30-15-7-6-13-28(30)34-29(14-8-16-31(34)36)33-22-32(25-10-4-3-5-11-25)38-35(39-33)26-19-17-24(18-20-26)27-12-9-21-37-23-27/h1-29H;3-25H,1-2H3;3-23H,1-2H3. The monoisotopic (exact) mass is 1680 g/mol. The Morgan fingerprint density at radius 1 is 0.183 bits per heavy atom. The normalized spacial score (nSPS) is 13.1. The van der Waals surface area contributed by atoms with E-state index in [-0.39, 0.29) is 10.8 Å². The lowest BCUT2D eigenvalue weighted by molar-refractivity contribution is 0.660. The molecule has 1 spiro atoms. The lowest BCUT2D eigenvalue weighted by atomic mass is 9.70. The third-order valence-electron chi connectivity index (χ3n) is 26.8. The van der Waals surface area contributed by atoms with Crippen LogP contribution in [-0.2, 0) is 16.2 Å². The van der Waals surface area contributed by atoms with E-state index in [4.69, 9.17) is 29.9 Å². The largest absolute Gasteiger partial charge is 0.264 e. The number of benzene rings is 15. The van der Waals surface area contributed by atoms with Crippen molar-refractivity contribution in [3.8, 4) is 180 Å². The minimum Gasteiger partial charge on any atom is -0.264 e. The highest BCUT2D eigenvalue weighted by Gasteiger charge is 2.52. The highest BCUT2D eigenvalue weighted by molar-refractivity contribution is 6.02. The molecule has 0 bridgehead atoms. The predicted octanol–water partition coefficient (Wildman–Crippen LogP) is 29.7. The Hall–Kier alpha value is -16.8. The van der Waals surface area contributed by atoms with Crippen LogP contribution in [-0.4, -0.2) is 44.9 Å². The van der Waals surface area contributed by atoms with E-state index in [9.17, 15) is 0 Å². The van der Waals surface area contributed by atoms with E-state index in [0.717, 1.165) is 118 Å². The summed E-state index contributed by atoms with van der Waals surface area (Å²) in [6, 6.07) is 144. The Kier molecular flexibility index (Phi) is 19.6. The summed E-state index contributed by atoms with van der Waals surface area (Å²) < 4.78 is 0. The van der Waals surface area contributed by atoms with Crippen molar-refractivity contribution in [2.24, 2.45) is 0 Å². The number of pyridine rings is 3. The zero-order valence-electron chi connectivity index (χ0n) is 72.7. The SMILES string of the molecule is CC1(C)c2ccc(-c3cc(-c4ccccc4)nc(-c4ccc(-c5cccnc5)cc4)n3)cc2-c2ccc3ccccc3c21.CC1(C)c2ccccc2-c2c(-c3cc(-c4ccccc4)nc(-c4ccc(-c5cccnc5)cc4)n3)cccc21.c1ccc(-c2cc(-c3cccc4c3-c3ccccc3C43c4ccccc4-c4ccccc43)nc(-c3ccc(-c4cccnc4)cc3)n2)cc1. The number of rotatable bonds is 12. The van der Waals surface area contributed by atoms with Gasteiger partial charge >= 0.3 is 0 Å². The second-order valence-corrected chi connectivity index (χ2v) is 35.0. The van der Waals surface area contributed by atoms with E-state index in [0.29, 0.717) is 17.5 Å². The molecule has 9 heteroatoms. The molecule has 0 saturated heterocycles. The zero-order valence-corrected chi connectivity index (χ0v) is 72.7. The predicted molar refractivity (Wildman–Crippen MR) is 534 cm³/mol. The Balaban J connectivity index is 0.000000112. The summed E-state index contributed by atoms with van der Waals surface area (Å²) in [7, 11) is 0. The van der Waals surface area contributed by atoms with Crippen molar-refractivity contribution in [1.82, 2.24) is 44.9 Å². The van der Waals surface area contributed by atoms with Crippen LogP contribution in [0.25, 0.3) is 190 Å². The molecule has 9 nitrogen and oxygen atoms in total. The van der Waals surface area contributed by atoms with E-state index < -0.39 is 5.41 Å². The third-order valence-corrected chi connectivity index (χ3v) is 26.8. The van der Waals surface area contributed by atoms with Crippen molar-refractivity contribution in [2.45, 2.75) is 43.9 Å². The molecule has 0 atom stereocenters. The summed E-state index contributed by atoms with van der Waals surface area (Å²) in [4.78, 5) is 43.7. The highest BCUT2D eigenvalue weighted by Crippen LogP contribution is 2.64. The first-order chi connectivity index (χ1) is 64.5. The minimum atomic E-state index is -0.407. The second-order valence-electron chi connectivity index (χ2n) is 35.0. The maximum absolute atomic E-state index is 5.33. The molecule has 0 fully saturated rings. The van der Waals surface area contributed by atoms with Gasteiger partial charge in [0.2, 0.25) is 0 Å². The Labute approximate surface area is 762 Å². The first kappa shape index (κ1) is 78.9. The van der Waals surface area contributed by atoms with Crippen LogP contribution in [0.15, 0.2) is 444 Å². The van der Waals surface area contributed by atoms with Crippen LogP contribution in [0.1, 0.15) is 72.2 Å². The highest BCUT2D eigenvalue weighted by atomic mass is 14.9. The summed E-state index contributed by atoms with van der Waals surface area (Å²) in [6.07, 6.45) is 11.0. The van der Waals surface area contributed by atoms with E-state index in [2.05, 4.69) is 413 Å². The second kappa shape index (κ2) is 32.6. The summed E-state index contributed by atoms with van der Waals surface area (Å²) in [5, 5.41) is 2.61. The third kappa shape index (κ3) is 13.8. The summed E-state index contributed by atoms with van der Waals surface area (Å²) in [5.74, 6) is 2.12. The quantitative estimate of drug-likeness (QED) is 0.118. The molecule has 4 aliphatic rings. The number of aromatic nitrogens is 9. The van der Waals surface area contributed by atoms with Gasteiger partial charge in [-0.2, -0.15) is 0 Å². The molecule has 0 amide bonds. The molecule has 0 aliphatic heterocycles. The van der Waals surface area contributed by atoms with Gasteiger partial charge in [0.05, 0.1) is 39.6 Å². The van der Waals surface area contributed by atoms with Gasteiger partial charge in [-0.25, -0.2) is 29.9 Å². The van der Waals surface area contributed by atoms with Crippen LogP contribution in [0.4, 0.5) is 0 Å². The molecule has 25 rings (SSSR count). The number of nitrogens with zero attached hydrogens (tertiary/aromatic N) is 9. The Morgan fingerprint density at radius 3 is 0.969 bits per heavy atom. The molecule has 15 aromatic carbocycles.